The highest BCUT2D eigenvalue weighted by Gasteiger charge is 2.31. The molecule has 6 nitrogen and oxygen atoms in total. The molecule has 2 aliphatic rings. The van der Waals surface area contributed by atoms with Gasteiger partial charge in [0.15, 0.2) is 0 Å². The molecule has 1 unspecified atom stereocenters. The molecule has 3 heterocycles. The summed E-state index contributed by atoms with van der Waals surface area (Å²) < 4.78 is 17.0. The molecule has 0 N–H and O–H groups in total. The summed E-state index contributed by atoms with van der Waals surface area (Å²) in [6.45, 7) is 7.19. The van der Waals surface area contributed by atoms with Crippen LogP contribution in [0.15, 0.2) is 24.3 Å². The van der Waals surface area contributed by atoms with Gasteiger partial charge in [0.2, 0.25) is 0 Å². The first kappa shape index (κ1) is 18.3. The molecule has 2 aromatic rings. The molecule has 1 aromatic carbocycles. The van der Waals surface area contributed by atoms with E-state index in [1.54, 1.807) is 0 Å². The molecule has 2 saturated heterocycles. The maximum Gasteiger partial charge on any atom is 0.267 e. The first-order valence-electron chi connectivity index (χ1n) is 9.44. The van der Waals surface area contributed by atoms with Crippen LogP contribution in [0.5, 0.6) is 0 Å². The van der Waals surface area contributed by atoms with Crippen molar-refractivity contribution in [2.45, 2.75) is 25.8 Å². The number of halogens is 1. The number of piperazine rings is 1. The first-order valence-corrected chi connectivity index (χ1v) is 10.2. The summed E-state index contributed by atoms with van der Waals surface area (Å²) >= 11 is 1.19. The molecule has 0 saturated carbocycles. The number of carbonyl (C=O) groups excluding carboxylic acids is 1. The van der Waals surface area contributed by atoms with Gasteiger partial charge in [0.1, 0.15) is 10.7 Å². The highest BCUT2D eigenvalue weighted by atomic mass is 32.1. The van der Waals surface area contributed by atoms with Gasteiger partial charge in [-0.05, 0) is 55.6 Å². The first-order chi connectivity index (χ1) is 13.1. The summed E-state index contributed by atoms with van der Waals surface area (Å²) in [5, 5.41) is 3.97. The zero-order valence-electron chi connectivity index (χ0n) is 15.5. The number of rotatable bonds is 3. The van der Waals surface area contributed by atoms with Gasteiger partial charge in [-0.1, -0.05) is 4.49 Å². The molecule has 4 rings (SSSR count). The van der Waals surface area contributed by atoms with E-state index in [1.165, 1.54) is 23.7 Å². The fourth-order valence-electron chi connectivity index (χ4n) is 4.01. The SMILES string of the molecule is Cc1nnsc1C(=O)N1CCCC(N2CCN(c3ccc(F)cc3)CC2)C1. The number of benzene rings is 1. The predicted octanol–water partition coefficient (Wildman–Crippen LogP) is 2.41. The Balaban J connectivity index is 1.35. The van der Waals surface area contributed by atoms with E-state index >= 15 is 0 Å². The summed E-state index contributed by atoms with van der Waals surface area (Å²) in [6, 6.07) is 7.12. The highest BCUT2D eigenvalue weighted by molar-refractivity contribution is 7.07. The average Bonchev–Trinajstić information content (AvgIpc) is 3.14. The van der Waals surface area contributed by atoms with E-state index in [-0.39, 0.29) is 11.7 Å². The number of piperidine rings is 1. The Morgan fingerprint density at radius 1 is 1.15 bits per heavy atom. The van der Waals surface area contributed by atoms with Crippen molar-refractivity contribution in [3.8, 4) is 0 Å². The van der Waals surface area contributed by atoms with E-state index in [2.05, 4.69) is 19.4 Å². The van der Waals surface area contributed by atoms with E-state index < -0.39 is 0 Å². The Morgan fingerprint density at radius 2 is 1.89 bits per heavy atom. The van der Waals surface area contributed by atoms with Crippen LogP contribution in [-0.2, 0) is 0 Å². The normalized spacial score (nSPS) is 21.5. The van der Waals surface area contributed by atoms with Crippen LogP contribution in [0, 0.1) is 12.7 Å². The molecule has 2 aliphatic heterocycles. The molecule has 144 valence electrons. The van der Waals surface area contributed by atoms with Crippen LogP contribution < -0.4 is 4.90 Å². The van der Waals surface area contributed by atoms with Gasteiger partial charge in [-0.15, -0.1) is 5.10 Å². The fraction of sp³-hybridized carbons (Fsp3) is 0.526. The molecular formula is C19H24FN5OS. The molecule has 8 heteroatoms. The monoisotopic (exact) mass is 389 g/mol. The van der Waals surface area contributed by atoms with Gasteiger partial charge in [0.25, 0.3) is 5.91 Å². The molecule has 0 spiro atoms. The molecule has 27 heavy (non-hydrogen) atoms. The third kappa shape index (κ3) is 3.96. The zero-order valence-corrected chi connectivity index (χ0v) is 16.3. The number of hydrogen-bond acceptors (Lipinski definition) is 6. The van der Waals surface area contributed by atoms with Crippen LogP contribution in [-0.4, -0.2) is 70.6 Å². The quantitative estimate of drug-likeness (QED) is 0.807. The lowest BCUT2D eigenvalue weighted by molar-refractivity contribution is 0.0567. The van der Waals surface area contributed by atoms with E-state index in [0.29, 0.717) is 10.9 Å². The molecule has 1 amide bonds. The Morgan fingerprint density at radius 3 is 2.56 bits per heavy atom. The summed E-state index contributed by atoms with van der Waals surface area (Å²) in [6.07, 6.45) is 2.15. The Kier molecular flexibility index (Phi) is 5.36. The summed E-state index contributed by atoms with van der Waals surface area (Å²) in [5.41, 5.74) is 1.80. The van der Waals surface area contributed by atoms with Gasteiger partial charge in [-0.25, -0.2) is 4.39 Å². The molecular weight excluding hydrogens is 365 g/mol. The highest BCUT2D eigenvalue weighted by Crippen LogP contribution is 2.23. The molecule has 0 bridgehead atoms. The summed E-state index contributed by atoms with van der Waals surface area (Å²) in [4.78, 5) is 20.2. The second-order valence-electron chi connectivity index (χ2n) is 7.23. The van der Waals surface area contributed by atoms with Gasteiger partial charge in [-0.2, -0.15) is 0 Å². The van der Waals surface area contributed by atoms with E-state index in [4.69, 9.17) is 0 Å². The van der Waals surface area contributed by atoms with Crippen molar-refractivity contribution in [2.24, 2.45) is 0 Å². The van der Waals surface area contributed by atoms with Crippen LogP contribution in [0.25, 0.3) is 0 Å². The molecule has 2 fully saturated rings. The number of amides is 1. The van der Waals surface area contributed by atoms with Crippen LogP contribution in [0.3, 0.4) is 0 Å². The Bertz CT molecular complexity index is 788. The molecule has 1 aromatic heterocycles. The number of carbonyl (C=O) groups is 1. The van der Waals surface area contributed by atoms with Gasteiger partial charge >= 0.3 is 0 Å². The van der Waals surface area contributed by atoms with Crippen LogP contribution in [0.2, 0.25) is 0 Å². The van der Waals surface area contributed by atoms with Crippen molar-refractivity contribution < 1.29 is 9.18 Å². The molecule has 0 aliphatic carbocycles. The van der Waals surface area contributed by atoms with E-state index in [1.807, 2.05) is 24.0 Å². The van der Waals surface area contributed by atoms with Crippen LogP contribution in [0.4, 0.5) is 10.1 Å². The lowest BCUT2D eigenvalue weighted by Crippen LogP contribution is -2.55. The Hall–Kier alpha value is -2.06. The number of aryl methyl sites for hydroxylation is 1. The van der Waals surface area contributed by atoms with E-state index in [0.717, 1.165) is 63.5 Å². The number of likely N-dealkylation sites (tertiary alicyclic amines) is 1. The molecule has 0 radical (unpaired) electrons. The summed E-state index contributed by atoms with van der Waals surface area (Å²) in [7, 11) is 0. The van der Waals surface area contributed by atoms with Gasteiger partial charge < -0.3 is 9.80 Å². The number of anilines is 1. The minimum Gasteiger partial charge on any atom is -0.369 e. The van der Waals surface area contributed by atoms with Gasteiger partial charge in [0.05, 0.1) is 5.69 Å². The van der Waals surface area contributed by atoms with Gasteiger partial charge in [-0.3, -0.25) is 9.69 Å². The van der Waals surface area contributed by atoms with Crippen molar-refractivity contribution in [1.29, 1.82) is 0 Å². The lowest BCUT2D eigenvalue weighted by Gasteiger charge is -2.43. The van der Waals surface area contributed by atoms with Crippen LogP contribution in [0.1, 0.15) is 28.2 Å². The van der Waals surface area contributed by atoms with Gasteiger partial charge in [0, 0.05) is 51.0 Å². The van der Waals surface area contributed by atoms with Crippen molar-refractivity contribution in [3.63, 3.8) is 0 Å². The smallest absolute Gasteiger partial charge is 0.267 e. The third-order valence-electron chi connectivity index (χ3n) is 5.55. The number of nitrogens with zero attached hydrogens (tertiary/aromatic N) is 5. The standard InChI is InChI=1S/C19H24FN5OS/c1-14-18(27-22-21-14)19(26)25-8-2-3-17(13-25)24-11-9-23(10-12-24)16-6-4-15(20)5-7-16/h4-7,17H,2-3,8-13H2,1H3. The number of aromatic nitrogens is 2. The lowest BCUT2D eigenvalue weighted by atomic mass is 10.0. The minimum atomic E-state index is -0.198. The average molecular weight is 390 g/mol. The predicted molar refractivity (Wildman–Crippen MR) is 104 cm³/mol. The van der Waals surface area contributed by atoms with Crippen molar-refractivity contribution >= 4 is 23.1 Å². The maximum absolute atomic E-state index is 13.1. The molecule has 1 atom stereocenters. The van der Waals surface area contributed by atoms with Crippen molar-refractivity contribution in [1.82, 2.24) is 19.4 Å². The largest absolute Gasteiger partial charge is 0.369 e. The Labute approximate surface area is 162 Å². The second kappa shape index (κ2) is 7.90. The zero-order chi connectivity index (χ0) is 18.8. The van der Waals surface area contributed by atoms with E-state index in [9.17, 15) is 9.18 Å². The minimum absolute atomic E-state index is 0.0668. The summed E-state index contributed by atoms with van der Waals surface area (Å²) in [5.74, 6) is -0.132. The topological polar surface area (TPSA) is 52.6 Å². The third-order valence-corrected chi connectivity index (χ3v) is 6.37. The fourth-order valence-corrected chi connectivity index (χ4v) is 4.63. The van der Waals surface area contributed by atoms with Crippen LogP contribution >= 0.6 is 11.5 Å². The maximum atomic E-state index is 13.1. The second-order valence-corrected chi connectivity index (χ2v) is 7.99. The number of hydrogen-bond donors (Lipinski definition) is 0. The van der Waals surface area contributed by atoms with Crippen molar-refractivity contribution in [2.75, 3.05) is 44.2 Å². The van der Waals surface area contributed by atoms with Crippen molar-refractivity contribution in [3.05, 3.63) is 40.7 Å².